The van der Waals surface area contributed by atoms with Gasteiger partial charge in [-0.05, 0) is 32.0 Å². The molecule has 2 aliphatic heterocycles. The van der Waals surface area contributed by atoms with Gasteiger partial charge in [-0.25, -0.2) is 9.18 Å². The summed E-state index contributed by atoms with van der Waals surface area (Å²) in [6, 6.07) is 2.93. The Balaban J connectivity index is 1.81. The quantitative estimate of drug-likeness (QED) is 0.406. The van der Waals surface area contributed by atoms with Crippen LogP contribution in [0.5, 0.6) is 0 Å². The van der Waals surface area contributed by atoms with E-state index in [0.717, 1.165) is 32.7 Å². The molecule has 2 aliphatic rings. The largest absolute Gasteiger partial charge is 0.418 e. The molecule has 0 amide bonds. The van der Waals surface area contributed by atoms with Gasteiger partial charge in [-0.15, -0.1) is 0 Å². The first-order valence-corrected chi connectivity index (χ1v) is 10.0. The predicted molar refractivity (Wildman–Crippen MR) is 107 cm³/mol. The van der Waals surface area contributed by atoms with E-state index in [1.54, 1.807) is 11.0 Å². The standard InChI is InChI=1S/C21H28FN3O3/c1-3-5-6-7-23-8-10-25(11-9-23)20-13-19-17(12-18(20)22)21(27)28-16(15-26)14-24(19)4-2/h12-15H,3-11H2,1-2H3. The number of piperazine rings is 1. The number of halogens is 1. The number of hydrogen-bond acceptors (Lipinski definition) is 6. The van der Waals surface area contributed by atoms with E-state index in [9.17, 15) is 14.0 Å². The van der Waals surface area contributed by atoms with Gasteiger partial charge < -0.3 is 14.5 Å². The molecule has 0 radical (unpaired) electrons. The van der Waals surface area contributed by atoms with Crippen molar-refractivity contribution in [2.24, 2.45) is 0 Å². The Morgan fingerprint density at radius 3 is 2.50 bits per heavy atom. The summed E-state index contributed by atoms with van der Waals surface area (Å²) in [6.07, 6.45) is 5.62. The van der Waals surface area contributed by atoms with Gasteiger partial charge >= 0.3 is 5.97 Å². The second-order valence-corrected chi connectivity index (χ2v) is 7.18. The van der Waals surface area contributed by atoms with Crippen molar-refractivity contribution in [2.45, 2.75) is 33.1 Å². The Morgan fingerprint density at radius 2 is 1.86 bits per heavy atom. The van der Waals surface area contributed by atoms with Crippen molar-refractivity contribution in [1.82, 2.24) is 4.90 Å². The van der Waals surface area contributed by atoms with E-state index in [1.165, 1.54) is 31.5 Å². The minimum atomic E-state index is -0.713. The molecular formula is C21H28FN3O3. The van der Waals surface area contributed by atoms with Crippen LogP contribution in [0.15, 0.2) is 24.1 Å². The van der Waals surface area contributed by atoms with E-state index in [4.69, 9.17) is 4.74 Å². The van der Waals surface area contributed by atoms with E-state index in [-0.39, 0.29) is 11.3 Å². The molecule has 7 heteroatoms. The lowest BCUT2D eigenvalue weighted by Gasteiger charge is -2.36. The highest BCUT2D eigenvalue weighted by atomic mass is 19.1. The minimum absolute atomic E-state index is 0.0781. The van der Waals surface area contributed by atoms with Crippen molar-refractivity contribution in [1.29, 1.82) is 0 Å². The van der Waals surface area contributed by atoms with Crippen LogP contribution >= 0.6 is 0 Å². The summed E-state index contributed by atoms with van der Waals surface area (Å²) < 4.78 is 19.9. The van der Waals surface area contributed by atoms with Crippen molar-refractivity contribution >= 4 is 23.6 Å². The Kier molecular flexibility index (Phi) is 6.67. The Hall–Kier alpha value is -2.41. The third-order valence-corrected chi connectivity index (χ3v) is 5.34. The lowest BCUT2D eigenvalue weighted by atomic mass is 10.1. The van der Waals surface area contributed by atoms with E-state index in [0.29, 0.717) is 24.2 Å². The second kappa shape index (κ2) is 9.19. The molecule has 1 aromatic carbocycles. The lowest BCUT2D eigenvalue weighted by Crippen LogP contribution is -2.47. The van der Waals surface area contributed by atoms with Crippen molar-refractivity contribution in [3.05, 3.63) is 35.5 Å². The fraction of sp³-hybridized carbons (Fsp3) is 0.524. The molecule has 1 aromatic rings. The molecule has 0 spiro atoms. The first-order valence-electron chi connectivity index (χ1n) is 10.0. The van der Waals surface area contributed by atoms with Gasteiger partial charge in [0.05, 0.1) is 23.1 Å². The van der Waals surface area contributed by atoms with Crippen LogP contribution < -0.4 is 9.80 Å². The number of aldehydes is 1. The summed E-state index contributed by atoms with van der Waals surface area (Å²) in [5.41, 5.74) is 1.18. The summed E-state index contributed by atoms with van der Waals surface area (Å²) >= 11 is 0. The van der Waals surface area contributed by atoms with Gasteiger partial charge in [-0.1, -0.05) is 19.8 Å². The highest BCUT2D eigenvalue weighted by Gasteiger charge is 2.27. The predicted octanol–water partition coefficient (Wildman–Crippen LogP) is 3.17. The number of cyclic esters (lactones) is 1. The molecule has 0 unspecified atom stereocenters. The average molecular weight is 389 g/mol. The topological polar surface area (TPSA) is 53.1 Å². The van der Waals surface area contributed by atoms with Crippen LogP contribution in [0.2, 0.25) is 0 Å². The van der Waals surface area contributed by atoms with Gasteiger partial charge in [0, 0.05) is 32.7 Å². The highest BCUT2D eigenvalue weighted by Crippen LogP contribution is 2.33. The Bertz CT molecular complexity index is 758. The molecule has 0 bridgehead atoms. The number of anilines is 2. The van der Waals surface area contributed by atoms with Gasteiger partial charge in [0.15, 0.2) is 12.0 Å². The number of carbonyl (C=O) groups excluding carboxylic acids is 2. The number of carbonyl (C=O) groups is 2. The number of nitrogens with zero attached hydrogens (tertiary/aromatic N) is 3. The van der Waals surface area contributed by atoms with Gasteiger partial charge in [0.1, 0.15) is 5.82 Å². The summed E-state index contributed by atoms with van der Waals surface area (Å²) in [5.74, 6) is -1.23. The molecule has 0 saturated carbocycles. The first kappa shape index (κ1) is 20.3. The molecule has 2 heterocycles. The number of esters is 1. The van der Waals surface area contributed by atoms with Crippen LogP contribution in [0.1, 0.15) is 43.5 Å². The van der Waals surface area contributed by atoms with Crippen LogP contribution in [-0.4, -0.2) is 56.4 Å². The van der Waals surface area contributed by atoms with Crippen molar-refractivity contribution < 1.29 is 18.7 Å². The zero-order valence-corrected chi connectivity index (χ0v) is 16.6. The smallest absolute Gasteiger partial charge is 0.345 e. The van der Waals surface area contributed by atoms with Crippen LogP contribution in [0.25, 0.3) is 0 Å². The van der Waals surface area contributed by atoms with Crippen molar-refractivity contribution in [2.75, 3.05) is 49.1 Å². The fourth-order valence-electron chi connectivity index (χ4n) is 3.72. The Morgan fingerprint density at radius 1 is 1.11 bits per heavy atom. The van der Waals surface area contributed by atoms with E-state index in [2.05, 4.69) is 11.8 Å². The molecule has 0 N–H and O–H groups in total. The number of allylic oxidation sites excluding steroid dienone is 1. The van der Waals surface area contributed by atoms with Crippen LogP contribution in [0.3, 0.4) is 0 Å². The number of benzene rings is 1. The normalized spacial score (nSPS) is 17.7. The number of fused-ring (bicyclic) bond motifs is 1. The summed E-state index contributed by atoms with van der Waals surface area (Å²) in [4.78, 5) is 29.6. The molecule has 0 atom stereocenters. The van der Waals surface area contributed by atoms with Crippen LogP contribution in [0, 0.1) is 5.82 Å². The summed E-state index contributed by atoms with van der Waals surface area (Å²) in [5, 5.41) is 0. The van der Waals surface area contributed by atoms with Gasteiger partial charge in [-0.3, -0.25) is 9.69 Å². The second-order valence-electron chi connectivity index (χ2n) is 7.18. The molecule has 28 heavy (non-hydrogen) atoms. The minimum Gasteiger partial charge on any atom is -0.418 e. The molecule has 152 valence electrons. The molecule has 0 aromatic heterocycles. The maximum Gasteiger partial charge on any atom is 0.345 e. The third-order valence-electron chi connectivity index (χ3n) is 5.34. The molecule has 0 aliphatic carbocycles. The van der Waals surface area contributed by atoms with E-state index >= 15 is 0 Å². The molecule has 6 nitrogen and oxygen atoms in total. The SMILES string of the molecule is CCCCCN1CCN(c2cc3c(cc2F)C(=O)OC(C=O)=CN3CC)CC1. The van der Waals surface area contributed by atoms with E-state index in [1.807, 2.05) is 11.8 Å². The highest BCUT2D eigenvalue weighted by molar-refractivity contribution is 6.00. The van der Waals surface area contributed by atoms with Gasteiger partial charge in [0.2, 0.25) is 0 Å². The summed E-state index contributed by atoms with van der Waals surface area (Å²) in [6.45, 7) is 8.99. The monoisotopic (exact) mass is 389 g/mol. The summed E-state index contributed by atoms with van der Waals surface area (Å²) in [7, 11) is 0. The zero-order valence-electron chi connectivity index (χ0n) is 16.6. The molecule has 1 saturated heterocycles. The van der Waals surface area contributed by atoms with Crippen molar-refractivity contribution in [3.63, 3.8) is 0 Å². The third kappa shape index (κ3) is 4.35. The number of unbranched alkanes of at least 4 members (excludes halogenated alkanes) is 2. The molecule has 3 rings (SSSR count). The average Bonchev–Trinajstić information content (AvgIpc) is 2.84. The number of ether oxygens (including phenoxy) is 1. The zero-order chi connectivity index (χ0) is 20.1. The Labute approximate surface area is 165 Å². The van der Waals surface area contributed by atoms with Gasteiger partial charge in [0.25, 0.3) is 0 Å². The van der Waals surface area contributed by atoms with Crippen molar-refractivity contribution in [3.8, 4) is 0 Å². The van der Waals surface area contributed by atoms with Crippen LogP contribution in [-0.2, 0) is 9.53 Å². The fourth-order valence-corrected chi connectivity index (χ4v) is 3.72. The lowest BCUT2D eigenvalue weighted by molar-refractivity contribution is -0.107. The molecular weight excluding hydrogens is 361 g/mol. The first-order chi connectivity index (χ1) is 13.6. The molecule has 1 fully saturated rings. The van der Waals surface area contributed by atoms with Gasteiger partial charge in [-0.2, -0.15) is 0 Å². The number of rotatable bonds is 7. The maximum absolute atomic E-state index is 14.9. The maximum atomic E-state index is 14.9. The number of hydrogen-bond donors (Lipinski definition) is 0. The van der Waals surface area contributed by atoms with Crippen LogP contribution in [0.4, 0.5) is 15.8 Å². The van der Waals surface area contributed by atoms with E-state index < -0.39 is 11.8 Å².